The first-order valence-electron chi connectivity index (χ1n) is 6.52. The number of aryl methyl sites for hydroxylation is 1. The summed E-state index contributed by atoms with van der Waals surface area (Å²) in [5.74, 6) is 0.494. The van der Waals surface area contributed by atoms with E-state index in [4.69, 9.17) is 5.73 Å². The summed E-state index contributed by atoms with van der Waals surface area (Å²) in [6.07, 6.45) is 6.75. The van der Waals surface area contributed by atoms with E-state index in [1.165, 1.54) is 0 Å². The first-order valence-corrected chi connectivity index (χ1v) is 6.52. The molecule has 2 N–H and O–H groups in total. The van der Waals surface area contributed by atoms with Crippen LogP contribution in [0.2, 0.25) is 0 Å². The van der Waals surface area contributed by atoms with Crippen molar-refractivity contribution in [1.29, 1.82) is 0 Å². The van der Waals surface area contributed by atoms with Crippen LogP contribution in [0, 0.1) is 12.8 Å². The van der Waals surface area contributed by atoms with Crippen molar-refractivity contribution >= 4 is 5.91 Å². The average Bonchev–Trinajstić information content (AvgIpc) is 2.85. The fraction of sp³-hybridized carbons (Fsp3) is 0.571. The van der Waals surface area contributed by atoms with E-state index in [9.17, 15) is 4.79 Å². The lowest BCUT2D eigenvalue weighted by Crippen LogP contribution is -2.41. The summed E-state index contributed by atoms with van der Waals surface area (Å²) in [5, 5.41) is 0. The van der Waals surface area contributed by atoms with Crippen molar-refractivity contribution in [2.45, 2.75) is 32.2 Å². The minimum Gasteiger partial charge on any atom is -0.338 e. The standard InChI is InChI=1S/C14H21N3O/c1-10-6-12(9-16-8-10)14(18)17(2)13-5-3-4-11(13)7-15/h6,8-9,11,13H,3-5,7,15H2,1-2H3. The second-order valence-electron chi connectivity index (χ2n) is 5.16. The molecule has 1 aromatic heterocycles. The molecule has 0 aromatic carbocycles. The van der Waals surface area contributed by atoms with Gasteiger partial charge < -0.3 is 10.6 Å². The smallest absolute Gasteiger partial charge is 0.255 e. The second kappa shape index (κ2) is 5.48. The molecule has 2 unspecified atom stereocenters. The molecule has 98 valence electrons. The van der Waals surface area contributed by atoms with Crippen molar-refractivity contribution < 1.29 is 4.79 Å². The summed E-state index contributed by atoms with van der Waals surface area (Å²) in [6, 6.07) is 2.17. The van der Waals surface area contributed by atoms with Gasteiger partial charge in [0.2, 0.25) is 0 Å². The molecule has 0 aliphatic heterocycles. The normalized spacial score (nSPS) is 23.1. The van der Waals surface area contributed by atoms with E-state index < -0.39 is 0 Å². The lowest BCUT2D eigenvalue weighted by atomic mass is 10.0. The Balaban J connectivity index is 2.13. The highest BCUT2D eigenvalue weighted by atomic mass is 16.2. The monoisotopic (exact) mass is 247 g/mol. The van der Waals surface area contributed by atoms with E-state index in [0.29, 0.717) is 18.0 Å². The van der Waals surface area contributed by atoms with E-state index in [-0.39, 0.29) is 11.9 Å². The van der Waals surface area contributed by atoms with Gasteiger partial charge in [0.1, 0.15) is 0 Å². The molecule has 1 aliphatic rings. The molecule has 1 saturated carbocycles. The Morgan fingerprint density at radius 1 is 1.50 bits per heavy atom. The number of carbonyl (C=O) groups excluding carboxylic acids is 1. The summed E-state index contributed by atoms with van der Waals surface area (Å²) in [4.78, 5) is 18.3. The minimum atomic E-state index is 0.0524. The van der Waals surface area contributed by atoms with E-state index >= 15 is 0 Å². The van der Waals surface area contributed by atoms with Crippen molar-refractivity contribution in [3.05, 3.63) is 29.6 Å². The topological polar surface area (TPSA) is 59.2 Å². The second-order valence-corrected chi connectivity index (χ2v) is 5.16. The fourth-order valence-corrected chi connectivity index (χ4v) is 2.83. The van der Waals surface area contributed by atoms with Crippen LogP contribution >= 0.6 is 0 Å². The van der Waals surface area contributed by atoms with Crippen molar-refractivity contribution in [2.24, 2.45) is 11.7 Å². The van der Waals surface area contributed by atoms with Crippen LogP contribution in [0.1, 0.15) is 35.2 Å². The number of hydrogen-bond donors (Lipinski definition) is 1. The fourth-order valence-electron chi connectivity index (χ4n) is 2.83. The number of hydrogen-bond acceptors (Lipinski definition) is 3. The highest BCUT2D eigenvalue weighted by Gasteiger charge is 2.32. The lowest BCUT2D eigenvalue weighted by molar-refractivity contribution is 0.0699. The number of nitrogens with zero attached hydrogens (tertiary/aromatic N) is 2. The number of nitrogens with two attached hydrogens (primary N) is 1. The van der Waals surface area contributed by atoms with Crippen LogP contribution < -0.4 is 5.73 Å². The van der Waals surface area contributed by atoms with Crippen LogP contribution in [0.15, 0.2) is 18.5 Å². The van der Waals surface area contributed by atoms with Crippen LogP contribution in [-0.4, -0.2) is 35.4 Å². The molecule has 4 nitrogen and oxygen atoms in total. The summed E-state index contributed by atoms with van der Waals surface area (Å²) in [6.45, 7) is 2.61. The van der Waals surface area contributed by atoms with Crippen LogP contribution in [0.25, 0.3) is 0 Å². The molecule has 1 fully saturated rings. The molecule has 1 aliphatic carbocycles. The maximum Gasteiger partial charge on any atom is 0.255 e. The Hall–Kier alpha value is -1.42. The van der Waals surface area contributed by atoms with Crippen LogP contribution in [0.4, 0.5) is 0 Å². The first-order chi connectivity index (χ1) is 8.63. The van der Waals surface area contributed by atoms with Crippen LogP contribution in [0.5, 0.6) is 0 Å². The zero-order chi connectivity index (χ0) is 13.1. The Morgan fingerprint density at radius 2 is 2.28 bits per heavy atom. The molecule has 2 atom stereocenters. The van der Waals surface area contributed by atoms with Crippen LogP contribution in [-0.2, 0) is 0 Å². The largest absolute Gasteiger partial charge is 0.338 e. The maximum absolute atomic E-state index is 12.4. The zero-order valence-corrected chi connectivity index (χ0v) is 11.1. The minimum absolute atomic E-state index is 0.0524. The third kappa shape index (κ3) is 2.53. The molecule has 18 heavy (non-hydrogen) atoms. The SMILES string of the molecule is Cc1cncc(C(=O)N(C)C2CCCC2CN)c1. The van der Waals surface area contributed by atoms with Gasteiger partial charge >= 0.3 is 0 Å². The van der Waals surface area contributed by atoms with Crippen molar-refractivity contribution in [2.75, 3.05) is 13.6 Å². The number of aromatic nitrogens is 1. The van der Waals surface area contributed by atoms with E-state index in [1.54, 1.807) is 12.4 Å². The predicted molar refractivity (Wildman–Crippen MR) is 71.3 cm³/mol. The quantitative estimate of drug-likeness (QED) is 0.882. The number of carbonyl (C=O) groups is 1. The van der Waals surface area contributed by atoms with E-state index in [1.807, 2.05) is 24.9 Å². The molecule has 4 heteroatoms. The van der Waals surface area contributed by atoms with E-state index in [2.05, 4.69) is 4.98 Å². The Labute approximate surface area is 108 Å². The highest BCUT2D eigenvalue weighted by molar-refractivity contribution is 5.94. The molecule has 0 spiro atoms. The summed E-state index contributed by atoms with van der Waals surface area (Å²) >= 11 is 0. The van der Waals surface area contributed by atoms with Gasteiger partial charge in [0, 0.05) is 25.5 Å². The molecule has 2 rings (SSSR count). The average molecular weight is 247 g/mol. The third-order valence-corrected chi connectivity index (χ3v) is 3.86. The van der Waals surface area contributed by atoms with Gasteiger partial charge in [-0.2, -0.15) is 0 Å². The zero-order valence-electron chi connectivity index (χ0n) is 11.1. The molecule has 1 amide bonds. The van der Waals surface area contributed by atoms with Gasteiger partial charge in [-0.15, -0.1) is 0 Å². The predicted octanol–water partition coefficient (Wildman–Crippen LogP) is 1.59. The van der Waals surface area contributed by atoms with Crippen molar-refractivity contribution in [1.82, 2.24) is 9.88 Å². The Morgan fingerprint density at radius 3 is 2.94 bits per heavy atom. The van der Waals surface area contributed by atoms with Gasteiger partial charge in [0.05, 0.1) is 5.56 Å². The van der Waals surface area contributed by atoms with Gasteiger partial charge in [-0.1, -0.05) is 6.42 Å². The summed E-state index contributed by atoms with van der Waals surface area (Å²) < 4.78 is 0. The molecule has 0 radical (unpaired) electrons. The molecular weight excluding hydrogens is 226 g/mol. The molecule has 1 heterocycles. The first kappa shape index (κ1) is 13.0. The lowest BCUT2D eigenvalue weighted by Gasteiger charge is -2.29. The summed E-state index contributed by atoms with van der Waals surface area (Å²) in [7, 11) is 1.88. The van der Waals surface area contributed by atoms with Crippen LogP contribution in [0.3, 0.4) is 0 Å². The molecular formula is C14H21N3O. The van der Waals surface area contributed by atoms with Gasteiger partial charge in [0.15, 0.2) is 0 Å². The highest BCUT2D eigenvalue weighted by Crippen LogP contribution is 2.29. The Bertz CT molecular complexity index is 433. The Kier molecular flexibility index (Phi) is 3.97. The third-order valence-electron chi connectivity index (χ3n) is 3.86. The maximum atomic E-state index is 12.4. The van der Waals surface area contributed by atoms with Gasteiger partial charge in [-0.05, 0) is 43.9 Å². The molecule has 0 bridgehead atoms. The van der Waals surface area contributed by atoms with Gasteiger partial charge in [-0.3, -0.25) is 9.78 Å². The summed E-state index contributed by atoms with van der Waals surface area (Å²) in [5.41, 5.74) is 7.45. The van der Waals surface area contributed by atoms with Gasteiger partial charge in [0.25, 0.3) is 5.91 Å². The van der Waals surface area contributed by atoms with Crippen molar-refractivity contribution in [3.63, 3.8) is 0 Å². The number of amides is 1. The molecule has 1 aromatic rings. The number of rotatable bonds is 3. The van der Waals surface area contributed by atoms with E-state index in [0.717, 1.165) is 24.8 Å². The number of pyridine rings is 1. The van der Waals surface area contributed by atoms with Crippen molar-refractivity contribution in [3.8, 4) is 0 Å². The molecule has 0 saturated heterocycles. The van der Waals surface area contributed by atoms with Gasteiger partial charge in [-0.25, -0.2) is 0 Å².